The monoisotopic (exact) mass is 362 g/mol. The van der Waals surface area contributed by atoms with Gasteiger partial charge in [-0.3, -0.25) is 14.2 Å². The van der Waals surface area contributed by atoms with Gasteiger partial charge in [0.25, 0.3) is 11.5 Å². The second-order valence-electron chi connectivity index (χ2n) is 5.98. The maximum atomic E-state index is 13.1. The van der Waals surface area contributed by atoms with Crippen LogP contribution in [0.4, 0.5) is 4.39 Å². The standard InChI is InChI=1S/C22H19FN2O2/c23-19-11-9-18(10-12-19)16-20(25-15-5-4-8-21(25)26)22(27)24-14-13-17-6-2-1-3-7-17/h1-12,15-16H,13-14H2,(H,24,27)/b20-16+. The number of nitrogens with zero attached hydrogens (tertiary/aromatic N) is 1. The molecule has 1 aromatic heterocycles. The Labute approximate surface area is 156 Å². The minimum absolute atomic E-state index is 0.181. The molecule has 0 bridgehead atoms. The van der Waals surface area contributed by atoms with Crippen molar-refractivity contribution >= 4 is 17.7 Å². The zero-order chi connectivity index (χ0) is 19.1. The van der Waals surface area contributed by atoms with E-state index in [1.54, 1.807) is 30.3 Å². The molecule has 2 aromatic carbocycles. The third-order valence-corrected chi connectivity index (χ3v) is 4.03. The van der Waals surface area contributed by atoms with Crippen LogP contribution in [-0.4, -0.2) is 17.0 Å². The van der Waals surface area contributed by atoms with Crippen molar-refractivity contribution in [2.75, 3.05) is 6.54 Å². The summed E-state index contributed by atoms with van der Waals surface area (Å²) in [4.78, 5) is 24.9. The number of hydrogen-bond acceptors (Lipinski definition) is 2. The summed E-state index contributed by atoms with van der Waals surface area (Å²) in [6, 6.07) is 20.2. The topological polar surface area (TPSA) is 51.1 Å². The van der Waals surface area contributed by atoms with Crippen LogP contribution in [0.2, 0.25) is 0 Å². The fourth-order valence-electron chi connectivity index (χ4n) is 2.64. The number of hydrogen-bond donors (Lipinski definition) is 1. The summed E-state index contributed by atoms with van der Waals surface area (Å²) < 4.78 is 14.4. The Morgan fingerprint density at radius 2 is 1.67 bits per heavy atom. The van der Waals surface area contributed by atoms with Crippen molar-refractivity contribution in [2.45, 2.75) is 6.42 Å². The lowest BCUT2D eigenvalue weighted by Gasteiger charge is -2.12. The highest BCUT2D eigenvalue weighted by molar-refractivity contribution is 6.18. The molecule has 1 amide bonds. The van der Waals surface area contributed by atoms with Crippen molar-refractivity contribution < 1.29 is 9.18 Å². The number of halogens is 1. The normalized spacial score (nSPS) is 11.2. The predicted octanol–water partition coefficient (Wildman–Crippen LogP) is 3.34. The van der Waals surface area contributed by atoms with E-state index in [-0.39, 0.29) is 23.0 Å². The van der Waals surface area contributed by atoms with Crippen molar-refractivity contribution in [3.8, 4) is 0 Å². The highest BCUT2D eigenvalue weighted by Gasteiger charge is 2.13. The van der Waals surface area contributed by atoms with E-state index in [9.17, 15) is 14.0 Å². The number of amides is 1. The zero-order valence-electron chi connectivity index (χ0n) is 14.6. The SMILES string of the molecule is O=C(NCCc1ccccc1)/C(=C\c1ccc(F)cc1)n1ccccc1=O. The summed E-state index contributed by atoms with van der Waals surface area (Å²) in [5.41, 5.74) is 1.60. The van der Waals surface area contributed by atoms with Gasteiger partial charge in [-0.05, 0) is 41.8 Å². The molecule has 0 aliphatic heterocycles. The van der Waals surface area contributed by atoms with Gasteiger partial charge >= 0.3 is 0 Å². The van der Waals surface area contributed by atoms with Gasteiger partial charge in [0.15, 0.2) is 0 Å². The third kappa shape index (κ3) is 5.01. The molecular formula is C22H19FN2O2. The Balaban J connectivity index is 1.83. The van der Waals surface area contributed by atoms with Crippen molar-refractivity contribution in [3.63, 3.8) is 0 Å². The first kappa shape index (κ1) is 18.3. The zero-order valence-corrected chi connectivity index (χ0v) is 14.6. The van der Waals surface area contributed by atoms with E-state index in [2.05, 4.69) is 5.32 Å². The van der Waals surface area contributed by atoms with Crippen LogP contribution in [-0.2, 0) is 11.2 Å². The summed E-state index contributed by atoms with van der Waals surface area (Å²) in [5.74, 6) is -0.735. The van der Waals surface area contributed by atoms with Crippen LogP contribution in [0.5, 0.6) is 0 Å². The lowest BCUT2D eigenvalue weighted by Crippen LogP contribution is -2.31. The average Bonchev–Trinajstić information content (AvgIpc) is 2.69. The van der Waals surface area contributed by atoms with Crippen LogP contribution in [0.3, 0.4) is 0 Å². The molecule has 3 aromatic rings. The summed E-state index contributed by atoms with van der Waals surface area (Å²) >= 11 is 0. The molecule has 5 heteroatoms. The molecule has 0 saturated carbocycles. The number of pyridine rings is 1. The Morgan fingerprint density at radius 1 is 0.963 bits per heavy atom. The van der Waals surface area contributed by atoms with E-state index < -0.39 is 0 Å². The molecule has 0 aliphatic rings. The van der Waals surface area contributed by atoms with Crippen LogP contribution >= 0.6 is 0 Å². The maximum Gasteiger partial charge on any atom is 0.268 e. The Kier molecular flexibility index (Phi) is 5.94. The van der Waals surface area contributed by atoms with Gasteiger partial charge < -0.3 is 5.32 Å². The Hall–Kier alpha value is -3.47. The van der Waals surface area contributed by atoms with Crippen LogP contribution in [0, 0.1) is 5.82 Å². The number of rotatable bonds is 6. The Bertz CT molecular complexity index is 993. The molecule has 4 nitrogen and oxygen atoms in total. The second kappa shape index (κ2) is 8.76. The number of nitrogens with one attached hydrogen (secondary N) is 1. The van der Waals surface area contributed by atoms with Crippen LogP contribution in [0.1, 0.15) is 11.1 Å². The van der Waals surface area contributed by atoms with Crippen molar-refractivity contribution in [3.05, 3.63) is 106 Å². The molecule has 0 fully saturated rings. The molecule has 0 spiro atoms. The highest BCUT2D eigenvalue weighted by Crippen LogP contribution is 2.12. The van der Waals surface area contributed by atoms with Crippen LogP contribution < -0.4 is 10.9 Å². The van der Waals surface area contributed by atoms with E-state index in [4.69, 9.17) is 0 Å². The molecule has 27 heavy (non-hydrogen) atoms. The van der Waals surface area contributed by atoms with Gasteiger partial charge in [0.05, 0.1) is 0 Å². The molecular weight excluding hydrogens is 343 g/mol. The summed E-state index contributed by atoms with van der Waals surface area (Å²) in [6.45, 7) is 0.436. The van der Waals surface area contributed by atoms with E-state index in [0.29, 0.717) is 18.5 Å². The molecule has 1 heterocycles. The molecule has 0 radical (unpaired) electrons. The van der Waals surface area contributed by atoms with E-state index in [1.807, 2.05) is 30.3 Å². The minimum atomic E-state index is -0.372. The Morgan fingerprint density at radius 3 is 2.37 bits per heavy atom. The van der Waals surface area contributed by atoms with Gasteiger partial charge in [-0.15, -0.1) is 0 Å². The van der Waals surface area contributed by atoms with Gasteiger partial charge in [0, 0.05) is 18.8 Å². The van der Waals surface area contributed by atoms with Gasteiger partial charge in [-0.1, -0.05) is 48.5 Å². The van der Waals surface area contributed by atoms with Gasteiger partial charge in [0.1, 0.15) is 11.5 Å². The van der Waals surface area contributed by atoms with Gasteiger partial charge in [-0.25, -0.2) is 4.39 Å². The van der Waals surface area contributed by atoms with E-state index in [0.717, 1.165) is 5.56 Å². The maximum absolute atomic E-state index is 13.1. The molecule has 0 unspecified atom stereocenters. The van der Waals surface area contributed by atoms with E-state index in [1.165, 1.54) is 29.0 Å². The van der Waals surface area contributed by atoms with Crippen molar-refractivity contribution in [2.24, 2.45) is 0 Å². The van der Waals surface area contributed by atoms with Crippen molar-refractivity contribution in [1.82, 2.24) is 9.88 Å². The first-order valence-electron chi connectivity index (χ1n) is 8.61. The summed E-state index contributed by atoms with van der Waals surface area (Å²) in [6.07, 6.45) is 3.78. The highest BCUT2D eigenvalue weighted by atomic mass is 19.1. The average molecular weight is 362 g/mol. The molecule has 3 rings (SSSR count). The first-order chi connectivity index (χ1) is 13.1. The molecule has 1 N–H and O–H groups in total. The number of benzene rings is 2. The summed E-state index contributed by atoms with van der Waals surface area (Å²) in [5, 5.41) is 2.85. The summed E-state index contributed by atoms with van der Waals surface area (Å²) in [7, 11) is 0. The number of carbonyl (C=O) groups is 1. The second-order valence-corrected chi connectivity index (χ2v) is 5.98. The molecule has 0 aliphatic carbocycles. The van der Waals surface area contributed by atoms with Crippen LogP contribution in [0.15, 0.2) is 83.8 Å². The smallest absolute Gasteiger partial charge is 0.268 e. The first-order valence-corrected chi connectivity index (χ1v) is 8.61. The van der Waals surface area contributed by atoms with Crippen LogP contribution in [0.25, 0.3) is 11.8 Å². The molecule has 136 valence electrons. The van der Waals surface area contributed by atoms with Gasteiger partial charge in [0.2, 0.25) is 0 Å². The quantitative estimate of drug-likeness (QED) is 0.684. The van der Waals surface area contributed by atoms with Crippen molar-refractivity contribution in [1.29, 1.82) is 0 Å². The fraction of sp³-hybridized carbons (Fsp3) is 0.0909. The predicted molar refractivity (Wildman–Crippen MR) is 104 cm³/mol. The third-order valence-electron chi connectivity index (χ3n) is 4.03. The van der Waals surface area contributed by atoms with E-state index >= 15 is 0 Å². The lowest BCUT2D eigenvalue weighted by molar-refractivity contribution is -0.115. The molecule has 0 saturated heterocycles. The largest absolute Gasteiger partial charge is 0.350 e. The minimum Gasteiger partial charge on any atom is -0.350 e. The fourth-order valence-corrected chi connectivity index (χ4v) is 2.64. The number of carbonyl (C=O) groups excluding carboxylic acids is 1. The lowest BCUT2D eigenvalue weighted by atomic mass is 10.1. The number of aromatic nitrogens is 1. The van der Waals surface area contributed by atoms with Gasteiger partial charge in [-0.2, -0.15) is 0 Å². The molecule has 0 atom stereocenters.